The third kappa shape index (κ3) is 5.50. The lowest BCUT2D eigenvalue weighted by Gasteiger charge is -2.30. The number of carbonyl (C=O) groups is 1. The van der Waals surface area contributed by atoms with E-state index in [0.717, 1.165) is 5.69 Å². The van der Waals surface area contributed by atoms with Gasteiger partial charge in [-0.25, -0.2) is 17.7 Å². The van der Waals surface area contributed by atoms with Crippen LogP contribution in [0.2, 0.25) is 0 Å². The minimum absolute atomic E-state index is 0.105. The average molecular weight is 410 g/mol. The smallest absolute Gasteiger partial charge is 0.255 e. The van der Waals surface area contributed by atoms with E-state index in [0.29, 0.717) is 50.2 Å². The monoisotopic (exact) mass is 409 g/mol. The van der Waals surface area contributed by atoms with Crippen LogP contribution in [0.1, 0.15) is 28.9 Å². The number of aromatic nitrogens is 1. The molecule has 1 aromatic heterocycles. The summed E-state index contributed by atoms with van der Waals surface area (Å²) in [5, 5.41) is 4.86. The van der Waals surface area contributed by atoms with Crippen molar-refractivity contribution in [1.82, 2.24) is 14.6 Å². The fourth-order valence-electron chi connectivity index (χ4n) is 2.98. The molecule has 1 fully saturated rings. The van der Waals surface area contributed by atoms with Crippen LogP contribution in [-0.2, 0) is 16.4 Å². The molecule has 27 heavy (non-hydrogen) atoms. The Morgan fingerprint density at radius 1 is 1.33 bits per heavy atom. The maximum Gasteiger partial charge on any atom is 0.255 e. The number of piperidine rings is 1. The Morgan fingerprint density at radius 3 is 2.74 bits per heavy atom. The molecule has 146 valence electrons. The predicted molar refractivity (Wildman–Crippen MR) is 105 cm³/mol. The minimum Gasteiger partial charge on any atom is -0.489 e. The van der Waals surface area contributed by atoms with E-state index in [-0.39, 0.29) is 12.0 Å². The van der Waals surface area contributed by atoms with Crippen molar-refractivity contribution in [1.29, 1.82) is 0 Å². The van der Waals surface area contributed by atoms with Crippen molar-refractivity contribution in [3.05, 3.63) is 46.4 Å². The van der Waals surface area contributed by atoms with Crippen molar-refractivity contribution in [2.75, 3.05) is 25.9 Å². The van der Waals surface area contributed by atoms with Gasteiger partial charge in [0.05, 0.1) is 23.0 Å². The molecule has 1 aliphatic heterocycles. The summed E-state index contributed by atoms with van der Waals surface area (Å²) < 4.78 is 30.7. The molecule has 0 atom stereocenters. The summed E-state index contributed by atoms with van der Waals surface area (Å²) in [5.74, 6) is 0.343. The largest absolute Gasteiger partial charge is 0.489 e. The van der Waals surface area contributed by atoms with Gasteiger partial charge >= 0.3 is 0 Å². The van der Waals surface area contributed by atoms with Crippen LogP contribution < -0.4 is 10.1 Å². The van der Waals surface area contributed by atoms with Crippen molar-refractivity contribution >= 4 is 27.3 Å². The Kier molecular flexibility index (Phi) is 6.46. The highest BCUT2D eigenvalue weighted by Crippen LogP contribution is 2.24. The van der Waals surface area contributed by atoms with Crippen LogP contribution in [0.4, 0.5) is 0 Å². The van der Waals surface area contributed by atoms with Gasteiger partial charge in [0.2, 0.25) is 10.0 Å². The summed E-state index contributed by atoms with van der Waals surface area (Å²) in [6, 6.07) is 7.14. The molecule has 1 aromatic carbocycles. The van der Waals surface area contributed by atoms with E-state index in [9.17, 15) is 13.2 Å². The van der Waals surface area contributed by atoms with Crippen molar-refractivity contribution in [3.8, 4) is 5.75 Å². The number of para-hydroxylation sites is 1. The van der Waals surface area contributed by atoms with Gasteiger partial charge in [0.1, 0.15) is 11.9 Å². The van der Waals surface area contributed by atoms with E-state index >= 15 is 0 Å². The number of hydrogen-bond acceptors (Lipinski definition) is 6. The molecule has 0 bridgehead atoms. The van der Waals surface area contributed by atoms with E-state index in [1.54, 1.807) is 23.7 Å². The maximum atomic E-state index is 12.5. The number of ether oxygens (including phenoxy) is 1. The van der Waals surface area contributed by atoms with Crippen LogP contribution in [0.5, 0.6) is 5.75 Å². The van der Waals surface area contributed by atoms with E-state index in [4.69, 9.17) is 4.74 Å². The van der Waals surface area contributed by atoms with E-state index in [2.05, 4.69) is 10.3 Å². The van der Waals surface area contributed by atoms with Crippen LogP contribution in [-0.4, -0.2) is 55.6 Å². The average Bonchev–Trinajstić information content (AvgIpc) is 3.15. The third-order valence-electron chi connectivity index (χ3n) is 4.45. The molecule has 2 aromatic rings. The summed E-state index contributed by atoms with van der Waals surface area (Å²) in [5.41, 5.74) is 3.22. The SMILES string of the molecule is CS(=O)(=O)N1CCC(Oc2ccccc2C(=O)NCCc2cscn2)CC1. The number of nitrogens with zero attached hydrogens (tertiary/aromatic N) is 2. The zero-order valence-corrected chi connectivity index (χ0v) is 16.8. The predicted octanol–water partition coefficient (Wildman–Crippen LogP) is 1.92. The van der Waals surface area contributed by atoms with Gasteiger partial charge in [-0.1, -0.05) is 12.1 Å². The molecule has 0 radical (unpaired) electrons. The Balaban J connectivity index is 1.56. The van der Waals surface area contributed by atoms with Crippen molar-refractivity contribution in [3.63, 3.8) is 0 Å². The number of sulfonamides is 1. The normalized spacial score (nSPS) is 16.2. The second-order valence-corrected chi connectivity index (χ2v) is 9.16. The highest BCUT2D eigenvalue weighted by atomic mass is 32.2. The van der Waals surface area contributed by atoms with Crippen LogP contribution in [0.15, 0.2) is 35.2 Å². The fraction of sp³-hybridized carbons (Fsp3) is 0.444. The first kappa shape index (κ1) is 19.8. The lowest BCUT2D eigenvalue weighted by atomic mass is 10.1. The molecule has 2 heterocycles. The molecule has 1 amide bonds. The van der Waals surface area contributed by atoms with Gasteiger partial charge in [-0.15, -0.1) is 11.3 Å². The quantitative estimate of drug-likeness (QED) is 0.755. The highest BCUT2D eigenvalue weighted by molar-refractivity contribution is 7.88. The lowest BCUT2D eigenvalue weighted by Crippen LogP contribution is -2.41. The van der Waals surface area contributed by atoms with Gasteiger partial charge in [0.15, 0.2) is 0 Å². The topological polar surface area (TPSA) is 88.6 Å². The first-order valence-electron chi connectivity index (χ1n) is 8.79. The fourth-order valence-corrected chi connectivity index (χ4v) is 4.45. The summed E-state index contributed by atoms with van der Waals surface area (Å²) in [6.07, 6.45) is 3.01. The number of rotatable bonds is 7. The summed E-state index contributed by atoms with van der Waals surface area (Å²) in [7, 11) is -3.16. The Labute approximate surface area is 163 Å². The zero-order chi connectivity index (χ0) is 19.3. The molecule has 3 rings (SSSR count). The molecule has 0 unspecified atom stereocenters. The van der Waals surface area contributed by atoms with Gasteiger partial charge in [-0.05, 0) is 25.0 Å². The zero-order valence-electron chi connectivity index (χ0n) is 15.1. The van der Waals surface area contributed by atoms with Crippen LogP contribution in [0.3, 0.4) is 0 Å². The Morgan fingerprint density at radius 2 is 2.07 bits per heavy atom. The molecule has 7 nitrogen and oxygen atoms in total. The van der Waals surface area contributed by atoms with Gasteiger partial charge < -0.3 is 10.1 Å². The van der Waals surface area contributed by atoms with Crippen LogP contribution >= 0.6 is 11.3 Å². The van der Waals surface area contributed by atoms with Crippen LogP contribution in [0.25, 0.3) is 0 Å². The molecule has 0 spiro atoms. The van der Waals surface area contributed by atoms with E-state index in [1.165, 1.54) is 21.9 Å². The highest BCUT2D eigenvalue weighted by Gasteiger charge is 2.26. The molecule has 1 saturated heterocycles. The van der Waals surface area contributed by atoms with Gasteiger partial charge in [0.25, 0.3) is 5.91 Å². The molecule has 9 heteroatoms. The molecule has 1 aliphatic rings. The third-order valence-corrected chi connectivity index (χ3v) is 6.38. The number of benzene rings is 1. The second kappa shape index (κ2) is 8.81. The summed E-state index contributed by atoms with van der Waals surface area (Å²) in [4.78, 5) is 16.7. The van der Waals surface area contributed by atoms with Gasteiger partial charge in [-0.2, -0.15) is 0 Å². The molecular formula is C18H23N3O4S2. The Bertz CT molecular complexity index is 860. The number of carbonyl (C=O) groups excluding carboxylic acids is 1. The minimum atomic E-state index is -3.16. The lowest BCUT2D eigenvalue weighted by molar-refractivity contribution is 0.0939. The van der Waals surface area contributed by atoms with Crippen molar-refractivity contribution in [2.45, 2.75) is 25.4 Å². The number of amides is 1. The van der Waals surface area contributed by atoms with Gasteiger partial charge in [-0.3, -0.25) is 4.79 Å². The van der Waals surface area contributed by atoms with Crippen molar-refractivity contribution < 1.29 is 17.9 Å². The first-order valence-corrected chi connectivity index (χ1v) is 11.6. The van der Waals surface area contributed by atoms with Gasteiger partial charge in [0, 0.05) is 31.4 Å². The molecule has 0 saturated carbocycles. The second-order valence-electron chi connectivity index (χ2n) is 6.46. The maximum absolute atomic E-state index is 12.5. The van der Waals surface area contributed by atoms with Crippen molar-refractivity contribution in [2.24, 2.45) is 0 Å². The summed E-state index contributed by atoms with van der Waals surface area (Å²) in [6.45, 7) is 1.38. The Hall–Kier alpha value is -1.97. The number of thiazole rings is 1. The first-order chi connectivity index (χ1) is 12.9. The molecule has 0 aliphatic carbocycles. The summed E-state index contributed by atoms with van der Waals surface area (Å²) >= 11 is 1.53. The number of hydrogen-bond donors (Lipinski definition) is 1. The van der Waals surface area contributed by atoms with Crippen LogP contribution in [0, 0.1) is 0 Å². The molecule has 1 N–H and O–H groups in total. The van der Waals surface area contributed by atoms with E-state index in [1.807, 2.05) is 11.4 Å². The standard InChI is InChI=1S/C18H23N3O4S2/c1-27(23,24)21-10-7-15(8-11-21)25-17-5-3-2-4-16(17)18(22)19-9-6-14-12-26-13-20-14/h2-5,12-13,15H,6-11H2,1H3,(H,19,22). The van der Waals surface area contributed by atoms with E-state index < -0.39 is 10.0 Å². The molecular weight excluding hydrogens is 386 g/mol. The number of nitrogens with one attached hydrogen (secondary N) is 1.